The Morgan fingerprint density at radius 2 is 2.14 bits per heavy atom. The van der Waals surface area contributed by atoms with E-state index in [0.29, 0.717) is 0 Å². The number of furan rings is 1. The number of hydrogen-bond donors (Lipinski definition) is 1. The van der Waals surface area contributed by atoms with Crippen LogP contribution in [0.3, 0.4) is 0 Å². The third kappa shape index (κ3) is 2.97. The summed E-state index contributed by atoms with van der Waals surface area (Å²) in [5, 5.41) is 3.67. The van der Waals surface area contributed by atoms with Crippen molar-refractivity contribution in [3.63, 3.8) is 0 Å². The molecule has 0 amide bonds. The summed E-state index contributed by atoms with van der Waals surface area (Å²) in [6.07, 6.45) is 2.49. The molecule has 0 saturated heterocycles. The summed E-state index contributed by atoms with van der Waals surface area (Å²) in [5.74, 6) is 0.750. The Morgan fingerprint density at radius 3 is 2.86 bits per heavy atom. The maximum absolute atomic E-state index is 6.37. The Labute approximate surface area is 137 Å². The van der Waals surface area contributed by atoms with Crippen LogP contribution in [0, 0.1) is 6.92 Å². The SMILES string of the molecule is CNCC[C@@]([Si])(Oc1cccc2ccoc12)c1ccc(C)s1. The summed E-state index contributed by atoms with van der Waals surface area (Å²) >= 11 is 1.74. The van der Waals surface area contributed by atoms with Gasteiger partial charge < -0.3 is 14.5 Å². The fraction of sp³-hybridized carbons (Fsp3) is 0.294. The van der Waals surface area contributed by atoms with Crippen molar-refractivity contribution >= 4 is 32.5 Å². The van der Waals surface area contributed by atoms with Gasteiger partial charge in [-0.25, -0.2) is 0 Å². The topological polar surface area (TPSA) is 34.4 Å². The van der Waals surface area contributed by atoms with Gasteiger partial charge in [0.05, 0.1) is 16.5 Å². The summed E-state index contributed by atoms with van der Waals surface area (Å²) in [7, 11) is 5.83. The lowest BCUT2D eigenvalue weighted by molar-refractivity contribution is 0.151. The summed E-state index contributed by atoms with van der Waals surface area (Å²) in [4.78, 5) is 2.42. The van der Waals surface area contributed by atoms with E-state index in [4.69, 9.17) is 9.15 Å². The van der Waals surface area contributed by atoms with Gasteiger partial charge in [0.2, 0.25) is 0 Å². The van der Waals surface area contributed by atoms with Gasteiger partial charge in [0, 0.05) is 21.6 Å². The molecule has 2 aromatic heterocycles. The predicted octanol–water partition coefficient (Wildman–Crippen LogP) is 3.81. The minimum Gasteiger partial charge on any atom is -0.483 e. The average molecular weight is 328 g/mol. The van der Waals surface area contributed by atoms with Crippen LogP contribution in [0.25, 0.3) is 11.0 Å². The highest BCUT2D eigenvalue weighted by molar-refractivity contribution is 7.12. The molecule has 0 aliphatic rings. The molecule has 0 spiro atoms. The number of para-hydroxylation sites is 1. The van der Waals surface area contributed by atoms with Crippen molar-refractivity contribution in [1.29, 1.82) is 0 Å². The molecule has 113 valence electrons. The Balaban J connectivity index is 1.97. The van der Waals surface area contributed by atoms with Gasteiger partial charge in [0.15, 0.2) is 11.3 Å². The Hall–Kier alpha value is -1.56. The molecular weight excluding hydrogens is 310 g/mol. The highest BCUT2D eigenvalue weighted by atomic mass is 32.1. The maximum atomic E-state index is 6.37. The van der Waals surface area contributed by atoms with Crippen LogP contribution in [0.5, 0.6) is 5.75 Å². The third-order valence-electron chi connectivity index (χ3n) is 3.59. The van der Waals surface area contributed by atoms with Crippen molar-refractivity contribution < 1.29 is 9.15 Å². The largest absolute Gasteiger partial charge is 0.483 e. The number of fused-ring (bicyclic) bond motifs is 1. The zero-order chi connectivity index (χ0) is 15.6. The number of rotatable bonds is 6. The molecule has 5 heteroatoms. The molecule has 1 aromatic carbocycles. The van der Waals surface area contributed by atoms with Gasteiger partial charge >= 0.3 is 0 Å². The van der Waals surface area contributed by atoms with Crippen LogP contribution in [0.4, 0.5) is 0 Å². The van der Waals surface area contributed by atoms with E-state index in [2.05, 4.69) is 34.6 Å². The first-order valence-corrected chi connectivity index (χ1v) is 8.56. The van der Waals surface area contributed by atoms with E-state index in [9.17, 15) is 0 Å². The minimum atomic E-state index is -0.566. The van der Waals surface area contributed by atoms with Crippen molar-refractivity contribution in [2.75, 3.05) is 13.6 Å². The van der Waals surface area contributed by atoms with E-state index >= 15 is 0 Å². The van der Waals surface area contributed by atoms with Crippen molar-refractivity contribution in [3.05, 3.63) is 52.4 Å². The molecule has 1 N–H and O–H groups in total. The fourth-order valence-corrected chi connectivity index (χ4v) is 3.81. The molecule has 2 heterocycles. The molecule has 22 heavy (non-hydrogen) atoms. The van der Waals surface area contributed by atoms with Gasteiger partial charge in [0.1, 0.15) is 5.22 Å². The number of benzene rings is 1. The van der Waals surface area contributed by atoms with Gasteiger partial charge in [-0.1, -0.05) is 12.1 Å². The summed E-state index contributed by atoms with van der Waals surface area (Å²) in [6.45, 7) is 2.95. The highest BCUT2D eigenvalue weighted by Crippen LogP contribution is 2.36. The van der Waals surface area contributed by atoms with Gasteiger partial charge in [-0.05, 0) is 44.8 Å². The number of ether oxygens (including phenoxy) is 1. The lowest BCUT2D eigenvalue weighted by Crippen LogP contribution is -2.36. The molecule has 1 atom stereocenters. The van der Waals surface area contributed by atoms with E-state index in [0.717, 1.165) is 34.6 Å². The molecular formula is C17H18NO2SSi. The average Bonchev–Trinajstić information content (AvgIpc) is 3.14. The van der Waals surface area contributed by atoms with Crippen molar-refractivity contribution in [1.82, 2.24) is 5.32 Å². The molecule has 0 bridgehead atoms. The first kappa shape index (κ1) is 15.3. The predicted molar refractivity (Wildman–Crippen MR) is 91.9 cm³/mol. The van der Waals surface area contributed by atoms with Crippen molar-refractivity contribution in [3.8, 4) is 5.75 Å². The molecule has 0 unspecified atom stereocenters. The molecule has 3 aromatic rings. The Kier molecular flexibility index (Phi) is 4.38. The highest BCUT2D eigenvalue weighted by Gasteiger charge is 2.31. The van der Waals surface area contributed by atoms with E-state index in [1.807, 2.05) is 31.3 Å². The van der Waals surface area contributed by atoms with Crippen LogP contribution in [0.1, 0.15) is 16.2 Å². The maximum Gasteiger partial charge on any atom is 0.175 e. The van der Waals surface area contributed by atoms with Gasteiger partial charge in [0.25, 0.3) is 0 Å². The van der Waals surface area contributed by atoms with Crippen LogP contribution in [-0.2, 0) is 5.22 Å². The molecule has 3 rings (SSSR count). The van der Waals surface area contributed by atoms with Crippen LogP contribution < -0.4 is 10.1 Å². The van der Waals surface area contributed by atoms with Crippen LogP contribution in [0.2, 0.25) is 0 Å². The monoisotopic (exact) mass is 328 g/mol. The summed E-state index contributed by atoms with van der Waals surface area (Å²) < 4.78 is 11.9. The van der Waals surface area contributed by atoms with E-state index in [-0.39, 0.29) is 0 Å². The first-order chi connectivity index (χ1) is 10.6. The zero-order valence-electron chi connectivity index (χ0n) is 12.7. The van der Waals surface area contributed by atoms with E-state index in [1.165, 1.54) is 4.88 Å². The summed E-state index contributed by atoms with van der Waals surface area (Å²) in [5.41, 5.74) is 0.780. The lowest BCUT2D eigenvalue weighted by atomic mass is 10.2. The smallest absolute Gasteiger partial charge is 0.175 e. The van der Waals surface area contributed by atoms with E-state index in [1.54, 1.807) is 17.6 Å². The number of aryl methyl sites for hydroxylation is 1. The second kappa shape index (κ2) is 6.28. The van der Waals surface area contributed by atoms with Crippen LogP contribution >= 0.6 is 11.3 Å². The summed E-state index contributed by atoms with van der Waals surface area (Å²) in [6, 6.07) is 12.1. The van der Waals surface area contributed by atoms with E-state index < -0.39 is 5.22 Å². The van der Waals surface area contributed by atoms with Gasteiger partial charge in [-0.2, -0.15) is 0 Å². The molecule has 0 aliphatic carbocycles. The van der Waals surface area contributed by atoms with Crippen LogP contribution in [0.15, 0.2) is 47.1 Å². The molecule has 3 radical (unpaired) electrons. The van der Waals surface area contributed by atoms with Crippen molar-refractivity contribution in [2.24, 2.45) is 0 Å². The fourth-order valence-electron chi connectivity index (χ4n) is 2.41. The first-order valence-electron chi connectivity index (χ1n) is 7.24. The Bertz CT molecular complexity index is 767. The minimum absolute atomic E-state index is 0.566. The molecule has 0 fully saturated rings. The molecule has 0 aliphatic heterocycles. The van der Waals surface area contributed by atoms with Crippen molar-refractivity contribution in [2.45, 2.75) is 18.6 Å². The van der Waals surface area contributed by atoms with Gasteiger partial charge in [-0.15, -0.1) is 11.3 Å². The standard InChI is InChI=1S/C17H18NO2SSi/c1-12-6-7-15(21-12)17(22,9-10-18-2)20-14-5-3-4-13-8-11-19-16(13)14/h3-8,11,18H,9-10H2,1-2H3/t17-/m0/s1. The number of nitrogens with one attached hydrogen (secondary N) is 1. The zero-order valence-corrected chi connectivity index (χ0v) is 14.5. The number of hydrogen-bond acceptors (Lipinski definition) is 4. The second-order valence-electron chi connectivity index (χ2n) is 5.29. The van der Waals surface area contributed by atoms with Crippen LogP contribution in [-0.4, -0.2) is 23.8 Å². The number of thiophene rings is 1. The third-order valence-corrected chi connectivity index (χ3v) is 5.54. The second-order valence-corrected chi connectivity index (χ2v) is 7.38. The molecule has 0 saturated carbocycles. The molecule has 3 nitrogen and oxygen atoms in total. The Morgan fingerprint density at radius 1 is 1.27 bits per heavy atom. The quantitative estimate of drug-likeness (QED) is 0.699. The normalized spacial score (nSPS) is 14.1. The lowest BCUT2D eigenvalue weighted by Gasteiger charge is -2.30. The van der Waals surface area contributed by atoms with Gasteiger partial charge in [-0.3, -0.25) is 0 Å².